The normalized spacial score (nSPS) is 27.2. The number of aliphatic hydroxyl groups is 2. The van der Waals surface area contributed by atoms with Crippen molar-refractivity contribution in [3.8, 4) is 0 Å². The highest BCUT2D eigenvalue weighted by Crippen LogP contribution is 2.43. The lowest BCUT2D eigenvalue weighted by Gasteiger charge is -2.17. The highest BCUT2D eigenvalue weighted by Gasteiger charge is 2.39. The summed E-state index contributed by atoms with van der Waals surface area (Å²) in [5.41, 5.74) is -0.702. The van der Waals surface area contributed by atoms with Gasteiger partial charge in [-0.2, -0.15) is 0 Å². The van der Waals surface area contributed by atoms with Crippen molar-refractivity contribution in [1.82, 2.24) is 19.7 Å². The molecule has 126 valence electrons. The summed E-state index contributed by atoms with van der Waals surface area (Å²) in [6.45, 7) is -0.462. The SMILES string of the molecule is O=c1[nH]cnc2c1ncn2OP(=O)(O)OC1C[C@H](O)[C@@H](CO)O1. The van der Waals surface area contributed by atoms with E-state index in [-0.39, 0.29) is 17.6 Å². The Bertz CT molecular complexity index is 806. The van der Waals surface area contributed by atoms with Crippen LogP contribution in [0.15, 0.2) is 17.4 Å². The van der Waals surface area contributed by atoms with Crippen LogP contribution in [-0.4, -0.2) is 59.9 Å². The Morgan fingerprint density at radius 3 is 3.00 bits per heavy atom. The standard InChI is InChI=1S/C10H13N4O8P/c15-2-6-5(16)1-7(20-6)21-23(18,19)22-14-4-13-8-9(14)11-3-12-10(8)17/h3-7,15-16H,1-2H2,(H,18,19)(H,11,12,17)/t5-,6+,7?/m0/s1. The van der Waals surface area contributed by atoms with E-state index in [2.05, 4.69) is 15.0 Å². The number of ether oxygens (including phenoxy) is 1. The Morgan fingerprint density at radius 2 is 2.30 bits per heavy atom. The van der Waals surface area contributed by atoms with E-state index < -0.39 is 38.5 Å². The van der Waals surface area contributed by atoms with Gasteiger partial charge in [0.1, 0.15) is 12.4 Å². The number of nitrogens with zero attached hydrogens (tertiary/aromatic N) is 3. The molecule has 2 aromatic heterocycles. The molecular formula is C10H13N4O8P. The van der Waals surface area contributed by atoms with Gasteiger partial charge in [-0.05, 0) is 0 Å². The summed E-state index contributed by atoms with van der Waals surface area (Å²) < 4.78 is 27.3. The quantitative estimate of drug-likeness (QED) is 0.449. The molecule has 0 aromatic carbocycles. The summed E-state index contributed by atoms with van der Waals surface area (Å²) in [5, 5.41) is 18.5. The fourth-order valence-electron chi connectivity index (χ4n) is 2.09. The minimum Gasteiger partial charge on any atom is -0.394 e. The highest BCUT2D eigenvalue weighted by atomic mass is 31.2. The third-order valence-corrected chi connectivity index (χ3v) is 4.01. The number of aliphatic hydroxyl groups excluding tert-OH is 2. The average molecular weight is 348 g/mol. The van der Waals surface area contributed by atoms with Crippen molar-refractivity contribution in [2.75, 3.05) is 6.61 Å². The predicted molar refractivity (Wildman–Crippen MR) is 72.0 cm³/mol. The van der Waals surface area contributed by atoms with Crippen LogP contribution in [0.3, 0.4) is 0 Å². The van der Waals surface area contributed by atoms with Crippen molar-refractivity contribution in [3.05, 3.63) is 23.0 Å². The third-order valence-electron chi connectivity index (χ3n) is 3.12. The summed E-state index contributed by atoms with van der Waals surface area (Å²) in [6, 6.07) is 0. The number of hydrogen-bond acceptors (Lipinski definition) is 9. The zero-order chi connectivity index (χ0) is 16.6. The topological polar surface area (TPSA) is 169 Å². The molecule has 4 N–H and O–H groups in total. The number of rotatable bonds is 5. The van der Waals surface area contributed by atoms with Gasteiger partial charge in [-0.15, -0.1) is 4.73 Å². The molecule has 0 spiro atoms. The molecule has 3 rings (SSSR count). The summed E-state index contributed by atoms with van der Waals surface area (Å²) in [4.78, 5) is 31.0. The van der Waals surface area contributed by atoms with Crippen LogP contribution in [0, 0.1) is 0 Å². The van der Waals surface area contributed by atoms with E-state index in [1.807, 2.05) is 0 Å². The van der Waals surface area contributed by atoms with Gasteiger partial charge in [-0.25, -0.2) is 19.1 Å². The lowest BCUT2D eigenvalue weighted by Crippen LogP contribution is -2.24. The van der Waals surface area contributed by atoms with Crippen LogP contribution in [0.4, 0.5) is 0 Å². The van der Waals surface area contributed by atoms with Crippen molar-refractivity contribution in [2.45, 2.75) is 24.9 Å². The minimum atomic E-state index is -4.66. The second kappa shape index (κ2) is 6.00. The Hall–Kier alpha value is -1.82. The molecule has 3 heterocycles. The van der Waals surface area contributed by atoms with Gasteiger partial charge in [0.25, 0.3) is 5.56 Å². The molecule has 4 atom stereocenters. The van der Waals surface area contributed by atoms with E-state index in [9.17, 15) is 19.4 Å². The monoisotopic (exact) mass is 348 g/mol. The second-order valence-electron chi connectivity index (χ2n) is 4.72. The maximum Gasteiger partial charge on any atom is 0.548 e. The third kappa shape index (κ3) is 3.27. The fraction of sp³-hybridized carbons (Fsp3) is 0.500. The number of phosphoric acid groups is 1. The Labute approximate surface area is 127 Å². The van der Waals surface area contributed by atoms with Crippen LogP contribution in [0.25, 0.3) is 11.2 Å². The van der Waals surface area contributed by atoms with Gasteiger partial charge < -0.3 is 24.6 Å². The highest BCUT2D eigenvalue weighted by molar-refractivity contribution is 7.47. The predicted octanol–water partition coefficient (Wildman–Crippen LogP) is -1.87. The Kier molecular flexibility index (Phi) is 4.19. The molecule has 2 aromatic rings. The number of aromatic amines is 1. The van der Waals surface area contributed by atoms with Gasteiger partial charge in [0.05, 0.1) is 19.0 Å². The maximum atomic E-state index is 12.0. The maximum absolute atomic E-state index is 12.0. The molecule has 0 saturated carbocycles. The minimum absolute atomic E-state index is 0.0766. The lowest BCUT2D eigenvalue weighted by atomic mass is 10.2. The molecule has 2 unspecified atom stereocenters. The molecule has 1 fully saturated rings. The molecule has 0 radical (unpaired) electrons. The number of nitrogens with one attached hydrogen (secondary N) is 1. The zero-order valence-corrected chi connectivity index (χ0v) is 12.4. The van der Waals surface area contributed by atoms with E-state index in [0.717, 1.165) is 17.4 Å². The van der Waals surface area contributed by atoms with Crippen LogP contribution < -0.4 is 10.2 Å². The molecule has 12 nitrogen and oxygen atoms in total. The summed E-state index contributed by atoms with van der Waals surface area (Å²) in [5.74, 6) is 0. The number of fused-ring (bicyclic) bond motifs is 1. The molecule has 0 bridgehead atoms. The smallest absolute Gasteiger partial charge is 0.394 e. The number of imidazole rings is 1. The molecule has 0 amide bonds. The number of H-pyrrole nitrogens is 1. The summed E-state index contributed by atoms with van der Waals surface area (Å²) in [7, 11) is -4.66. The van der Waals surface area contributed by atoms with E-state index in [1.165, 1.54) is 0 Å². The number of aromatic nitrogens is 4. The van der Waals surface area contributed by atoms with Crippen LogP contribution in [0.1, 0.15) is 6.42 Å². The first kappa shape index (κ1) is 16.1. The van der Waals surface area contributed by atoms with Crippen molar-refractivity contribution >= 4 is 19.0 Å². The average Bonchev–Trinajstić information content (AvgIpc) is 3.03. The first-order valence-corrected chi connectivity index (χ1v) is 7.95. The van der Waals surface area contributed by atoms with Crippen LogP contribution in [0.2, 0.25) is 0 Å². The van der Waals surface area contributed by atoms with Crippen molar-refractivity contribution in [2.24, 2.45) is 0 Å². The number of phosphoric ester groups is 1. The van der Waals surface area contributed by atoms with Crippen LogP contribution >= 0.6 is 7.82 Å². The van der Waals surface area contributed by atoms with Gasteiger partial charge in [-0.3, -0.25) is 9.69 Å². The van der Waals surface area contributed by atoms with Crippen LogP contribution in [-0.2, 0) is 13.8 Å². The lowest BCUT2D eigenvalue weighted by molar-refractivity contribution is -0.104. The van der Waals surface area contributed by atoms with Crippen molar-refractivity contribution in [3.63, 3.8) is 0 Å². The zero-order valence-electron chi connectivity index (χ0n) is 11.5. The molecule has 0 aliphatic carbocycles. The van der Waals surface area contributed by atoms with E-state index in [1.54, 1.807) is 0 Å². The first-order valence-electron chi connectivity index (χ1n) is 6.46. The van der Waals surface area contributed by atoms with Gasteiger partial charge in [0, 0.05) is 6.42 Å². The largest absolute Gasteiger partial charge is 0.548 e. The molecule has 1 saturated heterocycles. The molecule has 23 heavy (non-hydrogen) atoms. The second-order valence-corrected chi connectivity index (χ2v) is 6.03. The molecule has 13 heteroatoms. The van der Waals surface area contributed by atoms with Gasteiger partial charge >= 0.3 is 7.82 Å². The molecule has 1 aliphatic heterocycles. The van der Waals surface area contributed by atoms with Crippen molar-refractivity contribution in [1.29, 1.82) is 0 Å². The van der Waals surface area contributed by atoms with E-state index >= 15 is 0 Å². The Morgan fingerprint density at radius 1 is 1.52 bits per heavy atom. The first-order chi connectivity index (χ1) is 10.9. The number of hydrogen-bond donors (Lipinski definition) is 4. The van der Waals surface area contributed by atoms with Crippen LogP contribution in [0.5, 0.6) is 0 Å². The Balaban J connectivity index is 1.74. The molecular weight excluding hydrogens is 335 g/mol. The fourth-order valence-corrected chi connectivity index (χ4v) is 2.90. The van der Waals surface area contributed by atoms with E-state index in [0.29, 0.717) is 0 Å². The van der Waals surface area contributed by atoms with Gasteiger partial charge in [0.15, 0.2) is 11.8 Å². The summed E-state index contributed by atoms with van der Waals surface area (Å²) >= 11 is 0. The van der Waals surface area contributed by atoms with Crippen molar-refractivity contribution < 1.29 is 33.6 Å². The van der Waals surface area contributed by atoms with Gasteiger partial charge in [0.2, 0.25) is 5.65 Å². The van der Waals surface area contributed by atoms with Gasteiger partial charge in [-0.1, -0.05) is 0 Å². The molecule has 1 aliphatic rings. The summed E-state index contributed by atoms with van der Waals surface area (Å²) in [6.07, 6.45) is -1.21. The van der Waals surface area contributed by atoms with E-state index in [4.69, 9.17) is 19.0 Å².